The van der Waals surface area contributed by atoms with Gasteiger partial charge in [0.05, 0.1) is 5.02 Å². The van der Waals surface area contributed by atoms with Gasteiger partial charge in [0.25, 0.3) is 0 Å². The van der Waals surface area contributed by atoms with Crippen LogP contribution in [0.3, 0.4) is 0 Å². The maximum Gasteiger partial charge on any atom is 0.168 e. The van der Waals surface area contributed by atoms with Gasteiger partial charge in [0, 0.05) is 23.4 Å². The van der Waals surface area contributed by atoms with Crippen LogP contribution < -0.4 is 5.32 Å². The van der Waals surface area contributed by atoms with Gasteiger partial charge in [-0.1, -0.05) is 23.7 Å². The molecule has 1 aliphatic heterocycles. The summed E-state index contributed by atoms with van der Waals surface area (Å²) in [5, 5.41) is 5.94. The zero-order valence-corrected chi connectivity index (χ0v) is 12.0. The number of hydrogen-bond donors (Lipinski definition) is 1. The van der Waals surface area contributed by atoms with E-state index in [-0.39, 0.29) is 5.78 Å². The average molecular weight is 292 g/mol. The molecule has 0 saturated heterocycles. The van der Waals surface area contributed by atoms with Crippen molar-refractivity contribution in [1.29, 1.82) is 0 Å². The zero-order valence-electron chi connectivity index (χ0n) is 10.4. The Morgan fingerprint density at radius 3 is 3.00 bits per heavy atom. The van der Waals surface area contributed by atoms with E-state index in [1.165, 1.54) is 22.5 Å². The molecule has 1 N–H and O–H groups in total. The molecule has 1 aliphatic rings. The molecule has 98 valence electrons. The number of benzene rings is 1. The second-order valence-electron chi connectivity index (χ2n) is 4.70. The molecule has 0 radical (unpaired) electrons. The topological polar surface area (TPSA) is 29.1 Å². The number of fused-ring (bicyclic) bond motifs is 1. The number of halogens is 1. The molecular weight excluding hydrogens is 278 g/mol. The normalized spacial score (nSPS) is 14.2. The quantitative estimate of drug-likeness (QED) is 0.877. The van der Waals surface area contributed by atoms with E-state index in [9.17, 15) is 4.79 Å². The number of rotatable bonds is 3. The standard InChI is InChI=1S/C15H14ClNOS/c16-13-4-6-19-15(13)8-14(18)11-2-1-10-3-5-17-9-12(10)7-11/h1-2,4,6-7,17H,3,5,8-9H2. The minimum absolute atomic E-state index is 0.137. The summed E-state index contributed by atoms with van der Waals surface area (Å²) in [7, 11) is 0. The second-order valence-corrected chi connectivity index (χ2v) is 6.11. The Kier molecular flexibility index (Phi) is 3.69. The number of ketones is 1. The maximum atomic E-state index is 12.3. The Balaban J connectivity index is 1.82. The Morgan fingerprint density at radius 2 is 2.21 bits per heavy atom. The SMILES string of the molecule is O=C(Cc1sccc1Cl)c1ccc2c(c1)CNCC2. The van der Waals surface area contributed by atoms with Crippen molar-refractivity contribution in [2.45, 2.75) is 19.4 Å². The van der Waals surface area contributed by atoms with Crippen LogP contribution in [-0.2, 0) is 19.4 Å². The number of thiophene rings is 1. The third-order valence-corrected chi connectivity index (χ3v) is 4.81. The van der Waals surface area contributed by atoms with Crippen molar-refractivity contribution in [3.63, 3.8) is 0 Å². The first-order valence-electron chi connectivity index (χ1n) is 6.31. The molecule has 1 aromatic heterocycles. The summed E-state index contributed by atoms with van der Waals surface area (Å²) < 4.78 is 0. The number of hydrogen-bond acceptors (Lipinski definition) is 3. The third kappa shape index (κ3) is 2.73. The fourth-order valence-electron chi connectivity index (χ4n) is 2.35. The third-order valence-electron chi connectivity index (χ3n) is 3.43. The summed E-state index contributed by atoms with van der Waals surface area (Å²) in [5.74, 6) is 0.137. The molecule has 2 nitrogen and oxygen atoms in total. The van der Waals surface area contributed by atoms with Crippen LogP contribution in [0.15, 0.2) is 29.6 Å². The van der Waals surface area contributed by atoms with E-state index in [2.05, 4.69) is 11.4 Å². The molecule has 3 rings (SSSR count). The molecule has 0 amide bonds. The lowest BCUT2D eigenvalue weighted by molar-refractivity contribution is 0.0993. The Hall–Kier alpha value is -1.16. The Bertz CT molecular complexity index is 620. The Morgan fingerprint density at radius 1 is 1.32 bits per heavy atom. The number of carbonyl (C=O) groups is 1. The van der Waals surface area contributed by atoms with Gasteiger partial charge in [-0.25, -0.2) is 0 Å². The summed E-state index contributed by atoms with van der Waals surface area (Å²) in [5.41, 5.74) is 3.38. The fraction of sp³-hybridized carbons (Fsp3) is 0.267. The van der Waals surface area contributed by atoms with Crippen LogP contribution in [0.4, 0.5) is 0 Å². The highest BCUT2D eigenvalue weighted by atomic mass is 35.5. The molecule has 4 heteroatoms. The predicted octanol–water partition coefficient (Wildman–Crippen LogP) is 3.47. The van der Waals surface area contributed by atoms with Gasteiger partial charge in [-0.15, -0.1) is 11.3 Å². The molecule has 2 heterocycles. The summed E-state index contributed by atoms with van der Waals surface area (Å²) >= 11 is 7.57. The molecule has 1 aromatic carbocycles. The molecule has 0 fully saturated rings. The summed E-state index contributed by atoms with van der Waals surface area (Å²) in [6.45, 7) is 1.88. The lowest BCUT2D eigenvalue weighted by Crippen LogP contribution is -2.23. The molecular formula is C15H14ClNOS. The smallest absolute Gasteiger partial charge is 0.168 e. The van der Waals surface area contributed by atoms with Crippen LogP contribution >= 0.6 is 22.9 Å². The molecule has 19 heavy (non-hydrogen) atoms. The molecule has 0 bridgehead atoms. The van der Waals surface area contributed by atoms with Gasteiger partial charge in [-0.2, -0.15) is 0 Å². The van der Waals surface area contributed by atoms with Crippen LogP contribution in [0.5, 0.6) is 0 Å². The van der Waals surface area contributed by atoms with Gasteiger partial charge in [0.1, 0.15) is 0 Å². The molecule has 2 aromatic rings. The number of Topliss-reactive ketones (excluding diaryl/α,β-unsaturated/α-hetero) is 1. The predicted molar refractivity (Wildman–Crippen MR) is 79.2 cm³/mol. The van der Waals surface area contributed by atoms with Crippen molar-refractivity contribution in [1.82, 2.24) is 5.32 Å². The zero-order chi connectivity index (χ0) is 13.2. The number of nitrogens with one attached hydrogen (secondary N) is 1. The van der Waals surface area contributed by atoms with Crippen molar-refractivity contribution in [2.24, 2.45) is 0 Å². The highest BCUT2D eigenvalue weighted by molar-refractivity contribution is 7.10. The fourth-order valence-corrected chi connectivity index (χ4v) is 3.45. The Labute approximate surface area is 121 Å². The van der Waals surface area contributed by atoms with Crippen LogP contribution in [0, 0.1) is 0 Å². The lowest BCUT2D eigenvalue weighted by atomic mass is 9.96. The van der Waals surface area contributed by atoms with E-state index in [4.69, 9.17) is 11.6 Å². The van der Waals surface area contributed by atoms with E-state index < -0.39 is 0 Å². The largest absolute Gasteiger partial charge is 0.312 e. The van der Waals surface area contributed by atoms with Gasteiger partial charge in [-0.05, 0) is 41.6 Å². The molecule has 0 atom stereocenters. The first-order valence-corrected chi connectivity index (χ1v) is 7.57. The molecule has 0 saturated carbocycles. The lowest BCUT2D eigenvalue weighted by Gasteiger charge is -2.17. The van der Waals surface area contributed by atoms with Crippen LogP contribution in [0.2, 0.25) is 5.02 Å². The minimum atomic E-state index is 0.137. The van der Waals surface area contributed by atoms with E-state index in [1.54, 1.807) is 0 Å². The van der Waals surface area contributed by atoms with Gasteiger partial charge < -0.3 is 5.32 Å². The van der Waals surface area contributed by atoms with Crippen molar-refractivity contribution < 1.29 is 4.79 Å². The van der Waals surface area contributed by atoms with Gasteiger partial charge in [-0.3, -0.25) is 4.79 Å². The first-order chi connectivity index (χ1) is 9.24. The maximum absolute atomic E-state index is 12.3. The second kappa shape index (κ2) is 5.45. The van der Waals surface area contributed by atoms with Crippen molar-refractivity contribution in [3.05, 3.63) is 56.2 Å². The van der Waals surface area contributed by atoms with E-state index >= 15 is 0 Å². The monoisotopic (exact) mass is 291 g/mol. The van der Waals surface area contributed by atoms with Gasteiger partial charge >= 0.3 is 0 Å². The highest BCUT2D eigenvalue weighted by Crippen LogP contribution is 2.24. The molecule has 0 aliphatic carbocycles. The minimum Gasteiger partial charge on any atom is -0.312 e. The van der Waals surface area contributed by atoms with Crippen LogP contribution in [0.25, 0.3) is 0 Å². The van der Waals surface area contributed by atoms with Crippen molar-refractivity contribution in [2.75, 3.05) is 6.54 Å². The number of carbonyl (C=O) groups excluding carboxylic acids is 1. The molecule has 0 unspecified atom stereocenters. The van der Waals surface area contributed by atoms with E-state index in [1.807, 2.05) is 23.6 Å². The highest BCUT2D eigenvalue weighted by Gasteiger charge is 2.14. The summed E-state index contributed by atoms with van der Waals surface area (Å²) in [6.07, 6.45) is 1.43. The van der Waals surface area contributed by atoms with E-state index in [0.717, 1.165) is 30.0 Å². The first kappa shape index (κ1) is 12.9. The van der Waals surface area contributed by atoms with E-state index in [0.29, 0.717) is 11.4 Å². The van der Waals surface area contributed by atoms with Crippen LogP contribution in [0.1, 0.15) is 26.4 Å². The van der Waals surface area contributed by atoms with Gasteiger partial charge in [0.2, 0.25) is 0 Å². The molecule has 0 spiro atoms. The average Bonchev–Trinajstić information content (AvgIpc) is 2.84. The van der Waals surface area contributed by atoms with Gasteiger partial charge in [0.15, 0.2) is 5.78 Å². The summed E-state index contributed by atoms with van der Waals surface area (Å²) in [6, 6.07) is 7.88. The summed E-state index contributed by atoms with van der Waals surface area (Å²) in [4.78, 5) is 13.2. The van der Waals surface area contributed by atoms with Crippen molar-refractivity contribution >= 4 is 28.7 Å². The van der Waals surface area contributed by atoms with Crippen molar-refractivity contribution in [3.8, 4) is 0 Å². The van der Waals surface area contributed by atoms with Crippen LogP contribution in [-0.4, -0.2) is 12.3 Å².